The van der Waals surface area contributed by atoms with Gasteiger partial charge >= 0.3 is 11.9 Å². The SMILES string of the molecule is O=C(Cc1ccc(C(F)(F)F)cc1)N1CCC(n2c(=O)[nH]c3cccc(F)c32)CC1. The molecule has 1 saturated heterocycles. The number of benzene rings is 2. The largest absolute Gasteiger partial charge is 0.416 e. The van der Waals surface area contributed by atoms with Crippen LogP contribution in [0.1, 0.15) is 30.0 Å². The topological polar surface area (TPSA) is 58.1 Å². The number of aromatic amines is 1. The van der Waals surface area contributed by atoms with Crippen LogP contribution in [0, 0.1) is 5.82 Å². The molecule has 2 heterocycles. The molecular formula is C21H19F4N3O2. The van der Waals surface area contributed by atoms with Crippen LogP contribution in [0.4, 0.5) is 17.6 Å². The van der Waals surface area contributed by atoms with E-state index in [9.17, 15) is 27.2 Å². The summed E-state index contributed by atoms with van der Waals surface area (Å²) in [6, 6.07) is 8.77. The number of amides is 1. The molecule has 0 bridgehead atoms. The van der Waals surface area contributed by atoms with Crippen LogP contribution >= 0.6 is 0 Å². The van der Waals surface area contributed by atoms with Gasteiger partial charge in [-0.2, -0.15) is 13.2 Å². The van der Waals surface area contributed by atoms with Crippen LogP contribution in [-0.4, -0.2) is 33.4 Å². The van der Waals surface area contributed by atoms with Crippen LogP contribution in [0.2, 0.25) is 0 Å². The fourth-order valence-electron chi connectivity index (χ4n) is 3.96. The third-order valence-electron chi connectivity index (χ3n) is 5.51. The lowest BCUT2D eigenvalue weighted by Crippen LogP contribution is -2.41. The number of hydrogen-bond donors (Lipinski definition) is 1. The second-order valence-electron chi connectivity index (χ2n) is 7.42. The maximum absolute atomic E-state index is 14.2. The van der Waals surface area contributed by atoms with Crippen molar-refractivity contribution >= 4 is 16.9 Å². The number of rotatable bonds is 3. The molecule has 0 unspecified atom stereocenters. The molecular weight excluding hydrogens is 402 g/mol. The summed E-state index contributed by atoms with van der Waals surface area (Å²) >= 11 is 0. The molecule has 1 aliphatic rings. The van der Waals surface area contributed by atoms with Gasteiger partial charge in [-0.15, -0.1) is 0 Å². The lowest BCUT2D eigenvalue weighted by Gasteiger charge is -2.32. The average Bonchev–Trinajstić information content (AvgIpc) is 3.05. The zero-order chi connectivity index (χ0) is 21.5. The second-order valence-corrected chi connectivity index (χ2v) is 7.42. The first-order valence-corrected chi connectivity index (χ1v) is 9.56. The summed E-state index contributed by atoms with van der Waals surface area (Å²) in [6.07, 6.45) is -3.44. The van der Waals surface area contributed by atoms with E-state index in [1.807, 2.05) is 0 Å². The zero-order valence-electron chi connectivity index (χ0n) is 15.9. The van der Waals surface area contributed by atoms with Crippen LogP contribution in [0.25, 0.3) is 11.0 Å². The van der Waals surface area contributed by atoms with Gasteiger partial charge in [-0.3, -0.25) is 9.36 Å². The second kappa shape index (κ2) is 7.62. The summed E-state index contributed by atoms with van der Waals surface area (Å²) in [5.41, 5.74) is 0.0310. The van der Waals surface area contributed by atoms with Crippen molar-refractivity contribution in [2.45, 2.75) is 31.5 Å². The predicted molar refractivity (Wildman–Crippen MR) is 103 cm³/mol. The fourth-order valence-corrected chi connectivity index (χ4v) is 3.96. The maximum atomic E-state index is 14.2. The highest BCUT2D eigenvalue weighted by molar-refractivity contribution is 5.79. The van der Waals surface area contributed by atoms with E-state index in [1.165, 1.54) is 28.8 Å². The first-order valence-electron chi connectivity index (χ1n) is 9.56. The normalized spacial score (nSPS) is 15.7. The van der Waals surface area contributed by atoms with E-state index in [0.717, 1.165) is 12.1 Å². The number of imidazole rings is 1. The average molecular weight is 421 g/mol. The lowest BCUT2D eigenvalue weighted by atomic mass is 10.0. The minimum Gasteiger partial charge on any atom is -0.342 e. The quantitative estimate of drug-likeness (QED) is 0.653. The summed E-state index contributed by atoms with van der Waals surface area (Å²) in [5.74, 6) is -0.669. The van der Waals surface area contributed by atoms with E-state index in [1.54, 1.807) is 11.0 Å². The molecule has 2 aromatic carbocycles. The molecule has 158 valence electrons. The number of para-hydroxylation sites is 1. The van der Waals surface area contributed by atoms with Crippen molar-refractivity contribution in [2.24, 2.45) is 0 Å². The molecule has 1 amide bonds. The van der Waals surface area contributed by atoms with Crippen LogP contribution in [0.3, 0.4) is 0 Å². The van der Waals surface area contributed by atoms with E-state index >= 15 is 0 Å². The number of carbonyl (C=O) groups is 1. The van der Waals surface area contributed by atoms with Crippen molar-refractivity contribution < 1.29 is 22.4 Å². The van der Waals surface area contributed by atoms with Gasteiger partial charge in [0.25, 0.3) is 0 Å². The molecule has 3 aromatic rings. The number of likely N-dealkylation sites (tertiary alicyclic amines) is 1. The Bertz CT molecular complexity index is 1120. The monoisotopic (exact) mass is 421 g/mol. The minimum absolute atomic E-state index is 0.00443. The summed E-state index contributed by atoms with van der Waals surface area (Å²) in [7, 11) is 0. The summed E-state index contributed by atoms with van der Waals surface area (Å²) in [5, 5.41) is 0. The highest BCUT2D eigenvalue weighted by atomic mass is 19.4. The van der Waals surface area contributed by atoms with E-state index in [4.69, 9.17) is 0 Å². The van der Waals surface area contributed by atoms with Crippen molar-refractivity contribution in [3.63, 3.8) is 0 Å². The van der Waals surface area contributed by atoms with Crippen molar-refractivity contribution in [3.8, 4) is 0 Å². The van der Waals surface area contributed by atoms with Crippen molar-refractivity contribution in [1.29, 1.82) is 0 Å². The highest BCUT2D eigenvalue weighted by Crippen LogP contribution is 2.30. The van der Waals surface area contributed by atoms with Crippen LogP contribution in [0.15, 0.2) is 47.3 Å². The molecule has 4 rings (SSSR count). The number of hydrogen-bond acceptors (Lipinski definition) is 2. The van der Waals surface area contributed by atoms with Gasteiger partial charge in [0, 0.05) is 19.1 Å². The Kier molecular flexibility index (Phi) is 5.13. The van der Waals surface area contributed by atoms with Crippen LogP contribution < -0.4 is 5.69 Å². The van der Waals surface area contributed by atoms with Crippen LogP contribution in [0.5, 0.6) is 0 Å². The molecule has 0 atom stereocenters. The van der Waals surface area contributed by atoms with Gasteiger partial charge in [-0.05, 0) is 42.7 Å². The fraction of sp³-hybridized carbons (Fsp3) is 0.333. The highest BCUT2D eigenvalue weighted by Gasteiger charge is 2.30. The molecule has 0 radical (unpaired) electrons. The molecule has 0 saturated carbocycles. The number of carbonyl (C=O) groups excluding carboxylic acids is 1. The van der Waals surface area contributed by atoms with Crippen molar-refractivity contribution in [2.75, 3.05) is 13.1 Å². The molecule has 1 aliphatic heterocycles. The van der Waals surface area contributed by atoms with Crippen LogP contribution in [-0.2, 0) is 17.4 Å². The molecule has 1 fully saturated rings. The molecule has 0 spiro atoms. The summed E-state index contributed by atoms with van der Waals surface area (Å²) < 4.78 is 53.6. The van der Waals surface area contributed by atoms with Crippen molar-refractivity contribution in [1.82, 2.24) is 14.5 Å². The van der Waals surface area contributed by atoms with Gasteiger partial charge in [-0.25, -0.2) is 9.18 Å². The van der Waals surface area contributed by atoms with E-state index in [0.29, 0.717) is 37.0 Å². The third-order valence-corrected chi connectivity index (χ3v) is 5.51. The Morgan fingerprint density at radius 1 is 1.07 bits per heavy atom. The number of alkyl halides is 3. The molecule has 5 nitrogen and oxygen atoms in total. The first kappa shape index (κ1) is 20.2. The number of aromatic nitrogens is 2. The number of piperidine rings is 1. The van der Waals surface area contributed by atoms with Gasteiger partial charge in [0.15, 0.2) is 0 Å². The smallest absolute Gasteiger partial charge is 0.342 e. The third kappa shape index (κ3) is 3.83. The van der Waals surface area contributed by atoms with E-state index < -0.39 is 17.6 Å². The Balaban J connectivity index is 1.42. The molecule has 0 aliphatic carbocycles. The van der Waals surface area contributed by atoms with Gasteiger partial charge < -0.3 is 9.88 Å². The van der Waals surface area contributed by atoms with Gasteiger partial charge in [0.05, 0.1) is 17.5 Å². The lowest BCUT2D eigenvalue weighted by molar-refractivity contribution is -0.137. The minimum atomic E-state index is -4.41. The summed E-state index contributed by atoms with van der Waals surface area (Å²) in [4.78, 5) is 29.2. The Morgan fingerprint density at radius 2 is 1.73 bits per heavy atom. The number of nitrogens with zero attached hydrogens (tertiary/aromatic N) is 2. The van der Waals surface area contributed by atoms with Gasteiger partial charge in [0.1, 0.15) is 11.3 Å². The van der Waals surface area contributed by atoms with Gasteiger partial charge in [0.2, 0.25) is 5.91 Å². The number of H-pyrrole nitrogens is 1. The summed E-state index contributed by atoms with van der Waals surface area (Å²) in [6.45, 7) is 0.773. The zero-order valence-corrected chi connectivity index (χ0v) is 15.9. The number of nitrogens with one attached hydrogen (secondary N) is 1. The Labute approximate surface area is 168 Å². The van der Waals surface area contributed by atoms with Gasteiger partial charge in [-0.1, -0.05) is 18.2 Å². The van der Waals surface area contributed by atoms with E-state index in [2.05, 4.69) is 4.98 Å². The molecule has 1 aromatic heterocycles. The number of fused-ring (bicyclic) bond motifs is 1. The molecule has 1 N–H and O–H groups in total. The standard InChI is InChI=1S/C21H19F4N3O2/c22-16-2-1-3-17-19(16)28(20(30)26-17)15-8-10-27(11-9-15)18(29)12-13-4-6-14(7-5-13)21(23,24)25/h1-7,15H,8-12H2,(H,26,30). The molecule has 30 heavy (non-hydrogen) atoms. The Morgan fingerprint density at radius 3 is 2.37 bits per heavy atom. The number of halogens is 4. The first-order chi connectivity index (χ1) is 14.2. The maximum Gasteiger partial charge on any atom is 0.416 e. The molecule has 9 heteroatoms. The Hall–Kier alpha value is -3.10. The predicted octanol–water partition coefficient (Wildman–Crippen LogP) is 3.89. The van der Waals surface area contributed by atoms with Crippen molar-refractivity contribution in [3.05, 3.63) is 69.9 Å². The van der Waals surface area contributed by atoms with E-state index in [-0.39, 0.29) is 29.6 Å².